The predicted molar refractivity (Wildman–Crippen MR) is 100 cm³/mol. The highest BCUT2D eigenvalue weighted by Gasteiger charge is 2.39. The van der Waals surface area contributed by atoms with Crippen molar-refractivity contribution in [3.8, 4) is 0 Å². The monoisotopic (exact) mass is 347 g/mol. The van der Waals surface area contributed by atoms with Gasteiger partial charge in [-0.2, -0.15) is 0 Å². The highest BCUT2D eigenvalue weighted by Crippen LogP contribution is 2.40. The summed E-state index contributed by atoms with van der Waals surface area (Å²) >= 11 is 1.83. The fraction of sp³-hybridized carbons (Fsp3) is 0.611. The van der Waals surface area contributed by atoms with Gasteiger partial charge in [0.2, 0.25) is 0 Å². The van der Waals surface area contributed by atoms with Gasteiger partial charge in [0, 0.05) is 29.5 Å². The Morgan fingerprint density at radius 3 is 2.62 bits per heavy atom. The van der Waals surface area contributed by atoms with Gasteiger partial charge in [0.25, 0.3) is 5.69 Å². The van der Waals surface area contributed by atoms with Crippen LogP contribution in [0.2, 0.25) is 0 Å². The average Bonchev–Trinajstić information content (AvgIpc) is 2.84. The van der Waals surface area contributed by atoms with E-state index in [2.05, 4.69) is 18.7 Å². The molecule has 0 atom stereocenters. The van der Waals surface area contributed by atoms with Gasteiger partial charge in [0.15, 0.2) is 5.17 Å². The van der Waals surface area contributed by atoms with Crippen molar-refractivity contribution in [3.63, 3.8) is 0 Å². The van der Waals surface area contributed by atoms with Crippen molar-refractivity contribution in [3.05, 3.63) is 33.9 Å². The van der Waals surface area contributed by atoms with E-state index in [-0.39, 0.29) is 15.4 Å². The topological polar surface area (TPSA) is 58.7 Å². The van der Waals surface area contributed by atoms with E-state index in [0.29, 0.717) is 6.04 Å². The standard InChI is InChI=1S/C18H25N3O2S/c1-13-11-15(21(22)23)9-10-16(13)19-17-20(12-18(2,3)24-17)14-7-5-4-6-8-14/h9-11,14H,4-8,12H2,1-3H3/b19-17-. The zero-order valence-electron chi connectivity index (χ0n) is 14.6. The molecule has 1 aliphatic heterocycles. The van der Waals surface area contributed by atoms with Crippen molar-refractivity contribution in [2.45, 2.75) is 63.7 Å². The lowest BCUT2D eigenvalue weighted by Gasteiger charge is -2.33. The van der Waals surface area contributed by atoms with Crippen LogP contribution in [0, 0.1) is 17.0 Å². The van der Waals surface area contributed by atoms with E-state index in [1.165, 1.54) is 32.1 Å². The van der Waals surface area contributed by atoms with E-state index < -0.39 is 0 Å². The van der Waals surface area contributed by atoms with Crippen LogP contribution in [0.4, 0.5) is 11.4 Å². The highest BCUT2D eigenvalue weighted by molar-refractivity contribution is 8.15. The van der Waals surface area contributed by atoms with Crippen LogP contribution in [0.5, 0.6) is 0 Å². The van der Waals surface area contributed by atoms with Gasteiger partial charge in [0.1, 0.15) is 0 Å². The minimum atomic E-state index is -0.355. The molecule has 1 saturated carbocycles. The van der Waals surface area contributed by atoms with Gasteiger partial charge in [-0.1, -0.05) is 31.0 Å². The Morgan fingerprint density at radius 1 is 1.29 bits per heavy atom. The SMILES string of the molecule is Cc1cc([N+](=O)[O-])ccc1/N=C1\SC(C)(C)CN1C1CCCCC1. The number of rotatable bonds is 3. The molecule has 1 heterocycles. The van der Waals surface area contributed by atoms with E-state index in [4.69, 9.17) is 4.99 Å². The molecule has 24 heavy (non-hydrogen) atoms. The molecule has 5 nitrogen and oxygen atoms in total. The zero-order chi connectivity index (χ0) is 17.3. The number of nitro benzene ring substituents is 1. The van der Waals surface area contributed by atoms with Crippen molar-refractivity contribution < 1.29 is 4.92 Å². The van der Waals surface area contributed by atoms with Crippen molar-refractivity contribution in [2.24, 2.45) is 4.99 Å². The zero-order valence-corrected chi connectivity index (χ0v) is 15.4. The van der Waals surface area contributed by atoms with Crippen LogP contribution >= 0.6 is 11.8 Å². The summed E-state index contributed by atoms with van der Waals surface area (Å²) in [7, 11) is 0. The molecular formula is C18H25N3O2S. The van der Waals surface area contributed by atoms with Gasteiger partial charge in [-0.25, -0.2) is 4.99 Å². The molecule has 1 aromatic carbocycles. The Kier molecular flexibility index (Phi) is 4.85. The first-order chi connectivity index (χ1) is 11.4. The largest absolute Gasteiger partial charge is 0.347 e. The van der Waals surface area contributed by atoms with E-state index >= 15 is 0 Å². The van der Waals surface area contributed by atoms with Crippen LogP contribution in [0.25, 0.3) is 0 Å². The Hall–Kier alpha value is -1.56. The number of aliphatic imine (C=N–C) groups is 1. The van der Waals surface area contributed by atoms with E-state index in [1.807, 2.05) is 18.7 Å². The molecule has 2 aliphatic rings. The summed E-state index contributed by atoms with van der Waals surface area (Å²) in [6.45, 7) is 7.44. The number of amidine groups is 1. The first kappa shape index (κ1) is 17.3. The molecule has 1 aliphatic carbocycles. The molecule has 0 N–H and O–H groups in total. The second kappa shape index (κ2) is 6.75. The predicted octanol–water partition coefficient (Wildman–Crippen LogP) is 5.05. The van der Waals surface area contributed by atoms with Crippen molar-refractivity contribution in [1.29, 1.82) is 0 Å². The van der Waals surface area contributed by atoms with Crippen LogP contribution in [0.15, 0.2) is 23.2 Å². The Bertz CT molecular complexity index is 666. The second-order valence-corrected chi connectivity index (χ2v) is 9.08. The van der Waals surface area contributed by atoms with Crippen LogP contribution < -0.4 is 0 Å². The van der Waals surface area contributed by atoms with E-state index in [1.54, 1.807) is 18.2 Å². The highest BCUT2D eigenvalue weighted by atomic mass is 32.2. The summed E-state index contributed by atoms with van der Waals surface area (Å²) in [4.78, 5) is 17.9. The Balaban J connectivity index is 1.89. The lowest BCUT2D eigenvalue weighted by molar-refractivity contribution is -0.384. The molecule has 3 rings (SSSR count). The summed E-state index contributed by atoms with van der Waals surface area (Å²) < 4.78 is 0.158. The maximum atomic E-state index is 10.9. The number of benzene rings is 1. The normalized spacial score (nSPS) is 23.0. The summed E-state index contributed by atoms with van der Waals surface area (Å²) in [6, 6.07) is 5.51. The third-order valence-electron chi connectivity index (χ3n) is 4.79. The van der Waals surface area contributed by atoms with Crippen LogP contribution in [0.3, 0.4) is 0 Å². The first-order valence-electron chi connectivity index (χ1n) is 8.65. The fourth-order valence-corrected chi connectivity index (χ4v) is 4.74. The minimum absolute atomic E-state index is 0.125. The molecule has 2 fully saturated rings. The number of aryl methyl sites for hydroxylation is 1. The van der Waals surface area contributed by atoms with Crippen LogP contribution in [0.1, 0.15) is 51.5 Å². The molecule has 0 radical (unpaired) electrons. The molecule has 0 aromatic heterocycles. The maximum absolute atomic E-state index is 10.9. The van der Waals surface area contributed by atoms with E-state index in [0.717, 1.165) is 23.0 Å². The van der Waals surface area contributed by atoms with E-state index in [9.17, 15) is 10.1 Å². The summed E-state index contributed by atoms with van der Waals surface area (Å²) in [6.07, 6.45) is 6.44. The number of thioether (sulfide) groups is 1. The van der Waals surface area contributed by atoms with Crippen LogP contribution in [-0.4, -0.2) is 32.3 Å². The molecular weight excluding hydrogens is 322 g/mol. The molecule has 1 saturated heterocycles. The smallest absolute Gasteiger partial charge is 0.269 e. The first-order valence-corrected chi connectivity index (χ1v) is 9.47. The van der Waals surface area contributed by atoms with Gasteiger partial charge >= 0.3 is 0 Å². The van der Waals surface area contributed by atoms with Gasteiger partial charge in [-0.05, 0) is 45.2 Å². The molecule has 0 amide bonds. The molecule has 130 valence electrons. The lowest BCUT2D eigenvalue weighted by Crippen LogP contribution is -2.39. The van der Waals surface area contributed by atoms with Crippen LogP contribution in [-0.2, 0) is 0 Å². The number of hydrogen-bond acceptors (Lipinski definition) is 4. The van der Waals surface area contributed by atoms with Gasteiger partial charge in [-0.15, -0.1) is 0 Å². The summed E-state index contributed by atoms with van der Waals surface area (Å²) in [5.41, 5.74) is 1.81. The minimum Gasteiger partial charge on any atom is -0.347 e. The molecule has 1 aromatic rings. The van der Waals surface area contributed by atoms with Gasteiger partial charge in [0.05, 0.1) is 10.6 Å². The average molecular weight is 347 g/mol. The van der Waals surface area contributed by atoms with Crippen molar-refractivity contribution >= 4 is 28.3 Å². The quantitative estimate of drug-likeness (QED) is 0.567. The maximum Gasteiger partial charge on any atom is 0.269 e. The third-order valence-corrected chi connectivity index (χ3v) is 5.98. The number of nitro groups is 1. The van der Waals surface area contributed by atoms with Gasteiger partial charge < -0.3 is 4.90 Å². The summed E-state index contributed by atoms with van der Waals surface area (Å²) in [5, 5.41) is 12.0. The van der Waals surface area contributed by atoms with Gasteiger partial charge in [-0.3, -0.25) is 10.1 Å². The lowest BCUT2D eigenvalue weighted by atomic mass is 9.94. The van der Waals surface area contributed by atoms with Crippen molar-refractivity contribution in [1.82, 2.24) is 4.90 Å². The molecule has 6 heteroatoms. The second-order valence-electron chi connectivity index (χ2n) is 7.40. The molecule has 0 unspecified atom stereocenters. The Morgan fingerprint density at radius 2 is 2.00 bits per heavy atom. The Labute approximate surface area is 147 Å². The molecule has 0 spiro atoms. The number of nitrogens with zero attached hydrogens (tertiary/aromatic N) is 3. The third kappa shape index (κ3) is 3.74. The fourth-order valence-electron chi connectivity index (χ4n) is 3.56. The van der Waals surface area contributed by atoms with Crippen molar-refractivity contribution in [2.75, 3.05) is 6.54 Å². The number of non-ortho nitro benzene ring substituents is 1. The molecule has 0 bridgehead atoms. The summed E-state index contributed by atoms with van der Waals surface area (Å²) in [5.74, 6) is 0. The number of hydrogen-bond donors (Lipinski definition) is 0.